The lowest BCUT2D eigenvalue weighted by atomic mass is 9.88. The van der Waals surface area contributed by atoms with Crippen molar-refractivity contribution in [2.24, 2.45) is 17.8 Å². The van der Waals surface area contributed by atoms with Gasteiger partial charge in [-0.1, -0.05) is 19.3 Å². The van der Waals surface area contributed by atoms with Crippen molar-refractivity contribution in [1.29, 1.82) is 0 Å². The summed E-state index contributed by atoms with van der Waals surface area (Å²) in [5.74, 6) is 1.75. The third-order valence-electron chi connectivity index (χ3n) is 6.04. The van der Waals surface area contributed by atoms with Gasteiger partial charge in [-0.15, -0.1) is 0 Å². The molecule has 2 N–H and O–H groups in total. The van der Waals surface area contributed by atoms with Crippen LogP contribution in [-0.4, -0.2) is 48.9 Å². The van der Waals surface area contributed by atoms with E-state index in [1.807, 2.05) is 11.8 Å². The van der Waals surface area contributed by atoms with Gasteiger partial charge in [-0.3, -0.25) is 9.59 Å². The van der Waals surface area contributed by atoms with Crippen molar-refractivity contribution >= 4 is 11.8 Å². The highest BCUT2D eigenvalue weighted by molar-refractivity contribution is 5.88. The molecule has 2 heterocycles. The Labute approximate surface area is 139 Å². The van der Waals surface area contributed by atoms with Crippen molar-refractivity contribution in [3.63, 3.8) is 0 Å². The van der Waals surface area contributed by atoms with Crippen molar-refractivity contribution < 1.29 is 9.59 Å². The lowest BCUT2D eigenvalue weighted by Gasteiger charge is -2.27. The largest absolute Gasteiger partial charge is 0.344 e. The van der Waals surface area contributed by atoms with Crippen LogP contribution in [0.3, 0.4) is 0 Å². The van der Waals surface area contributed by atoms with Crippen molar-refractivity contribution in [2.45, 2.75) is 57.9 Å². The van der Waals surface area contributed by atoms with Gasteiger partial charge >= 0.3 is 0 Å². The van der Waals surface area contributed by atoms with Crippen LogP contribution in [0, 0.1) is 17.8 Å². The summed E-state index contributed by atoms with van der Waals surface area (Å²) >= 11 is 0. The number of likely N-dealkylation sites (tertiary alicyclic amines) is 1. The molecular weight excluding hydrogens is 290 g/mol. The van der Waals surface area contributed by atoms with E-state index >= 15 is 0 Å². The average molecular weight is 321 g/mol. The first-order valence-electron chi connectivity index (χ1n) is 9.45. The molecule has 3 rings (SSSR count). The third kappa shape index (κ3) is 4.06. The number of carbonyl (C=O) groups is 2. The van der Waals surface area contributed by atoms with Crippen LogP contribution in [-0.2, 0) is 9.59 Å². The summed E-state index contributed by atoms with van der Waals surface area (Å²) in [4.78, 5) is 27.0. The van der Waals surface area contributed by atoms with E-state index in [9.17, 15) is 9.59 Å². The standard InChI is InChI=1S/C18H31N3O2/c1-13(20-17(22)14-5-3-2-4-6-14)18(23)21-9-7-15-11-19-12-16(15)8-10-21/h13-16,19H,2-12H2,1H3,(H,20,22)/t13-,15-,16+/m0/s1. The molecule has 3 aliphatic rings. The van der Waals surface area contributed by atoms with Crippen LogP contribution >= 0.6 is 0 Å². The maximum atomic E-state index is 12.7. The number of hydrogen-bond donors (Lipinski definition) is 2. The summed E-state index contributed by atoms with van der Waals surface area (Å²) < 4.78 is 0. The van der Waals surface area contributed by atoms with Crippen LogP contribution in [0.4, 0.5) is 0 Å². The third-order valence-corrected chi connectivity index (χ3v) is 6.04. The molecule has 1 aliphatic carbocycles. The van der Waals surface area contributed by atoms with Gasteiger partial charge in [0, 0.05) is 19.0 Å². The van der Waals surface area contributed by atoms with Crippen LogP contribution in [0.25, 0.3) is 0 Å². The van der Waals surface area contributed by atoms with Crippen LogP contribution < -0.4 is 10.6 Å². The summed E-state index contributed by atoms with van der Waals surface area (Å²) in [6, 6.07) is -0.388. The second-order valence-electron chi connectivity index (χ2n) is 7.65. The van der Waals surface area contributed by atoms with Gasteiger partial charge in [-0.25, -0.2) is 0 Å². The number of hydrogen-bond acceptors (Lipinski definition) is 3. The fraction of sp³-hybridized carbons (Fsp3) is 0.889. The second kappa shape index (κ2) is 7.65. The van der Waals surface area contributed by atoms with Gasteiger partial charge < -0.3 is 15.5 Å². The van der Waals surface area contributed by atoms with Crippen molar-refractivity contribution in [2.75, 3.05) is 26.2 Å². The van der Waals surface area contributed by atoms with E-state index < -0.39 is 0 Å². The highest BCUT2D eigenvalue weighted by atomic mass is 16.2. The molecular formula is C18H31N3O2. The number of amides is 2. The quantitative estimate of drug-likeness (QED) is 0.829. The minimum atomic E-state index is -0.388. The van der Waals surface area contributed by atoms with E-state index in [1.54, 1.807) is 0 Å². The van der Waals surface area contributed by atoms with Crippen LogP contribution in [0.15, 0.2) is 0 Å². The predicted molar refractivity (Wildman–Crippen MR) is 89.8 cm³/mol. The number of nitrogens with one attached hydrogen (secondary N) is 2. The Balaban J connectivity index is 1.49. The topological polar surface area (TPSA) is 61.4 Å². The SMILES string of the molecule is C[C@H](NC(=O)C1CCCCC1)C(=O)N1CC[C@@H]2CNC[C@@H]2CC1. The number of rotatable bonds is 3. The normalized spacial score (nSPS) is 30.4. The summed E-state index contributed by atoms with van der Waals surface area (Å²) in [6.07, 6.45) is 7.66. The zero-order valence-electron chi connectivity index (χ0n) is 14.4. The predicted octanol–water partition coefficient (Wildman–Crippen LogP) is 1.53. The highest BCUT2D eigenvalue weighted by Gasteiger charge is 2.33. The number of fused-ring (bicyclic) bond motifs is 1. The highest BCUT2D eigenvalue weighted by Crippen LogP contribution is 2.27. The molecule has 0 aromatic rings. The van der Waals surface area contributed by atoms with Crippen molar-refractivity contribution in [3.05, 3.63) is 0 Å². The lowest BCUT2D eigenvalue weighted by molar-refractivity contribution is -0.137. The average Bonchev–Trinajstić information content (AvgIpc) is 2.93. The molecule has 2 aliphatic heterocycles. The van der Waals surface area contributed by atoms with E-state index in [1.165, 1.54) is 6.42 Å². The monoisotopic (exact) mass is 321 g/mol. The van der Waals surface area contributed by atoms with Gasteiger partial charge in [-0.05, 0) is 57.5 Å². The molecule has 0 aromatic heterocycles. The van der Waals surface area contributed by atoms with Crippen molar-refractivity contribution in [3.8, 4) is 0 Å². The van der Waals surface area contributed by atoms with Crippen LogP contribution in [0.5, 0.6) is 0 Å². The van der Waals surface area contributed by atoms with E-state index in [-0.39, 0.29) is 23.8 Å². The zero-order valence-corrected chi connectivity index (χ0v) is 14.4. The van der Waals surface area contributed by atoms with E-state index in [0.29, 0.717) is 0 Å². The van der Waals surface area contributed by atoms with E-state index in [0.717, 1.165) is 76.5 Å². The summed E-state index contributed by atoms with van der Waals surface area (Å²) in [6.45, 7) is 5.72. The molecule has 3 atom stereocenters. The molecule has 5 heteroatoms. The molecule has 3 fully saturated rings. The maximum Gasteiger partial charge on any atom is 0.244 e. The van der Waals surface area contributed by atoms with Crippen LogP contribution in [0.2, 0.25) is 0 Å². The molecule has 0 spiro atoms. The Morgan fingerprint density at radius 1 is 1.00 bits per heavy atom. The Morgan fingerprint density at radius 2 is 1.61 bits per heavy atom. The molecule has 0 bridgehead atoms. The van der Waals surface area contributed by atoms with Crippen molar-refractivity contribution in [1.82, 2.24) is 15.5 Å². The minimum Gasteiger partial charge on any atom is -0.344 e. The summed E-state index contributed by atoms with van der Waals surface area (Å²) in [5, 5.41) is 6.44. The molecule has 1 saturated carbocycles. The lowest BCUT2D eigenvalue weighted by Crippen LogP contribution is -2.49. The van der Waals surface area contributed by atoms with Gasteiger partial charge in [0.1, 0.15) is 6.04 Å². The molecule has 0 radical (unpaired) electrons. The number of nitrogens with zero attached hydrogens (tertiary/aromatic N) is 1. The van der Waals surface area contributed by atoms with Gasteiger partial charge in [0.25, 0.3) is 0 Å². The first kappa shape index (κ1) is 16.7. The fourth-order valence-electron chi connectivity index (χ4n) is 4.47. The van der Waals surface area contributed by atoms with Crippen LogP contribution in [0.1, 0.15) is 51.9 Å². The van der Waals surface area contributed by atoms with Gasteiger partial charge in [0.05, 0.1) is 0 Å². The Kier molecular flexibility index (Phi) is 5.57. The second-order valence-corrected chi connectivity index (χ2v) is 7.65. The maximum absolute atomic E-state index is 12.7. The molecule has 0 aromatic carbocycles. The first-order chi connectivity index (χ1) is 11.1. The number of carbonyl (C=O) groups excluding carboxylic acids is 2. The Morgan fingerprint density at radius 3 is 2.22 bits per heavy atom. The van der Waals surface area contributed by atoms with E-state index in [2.05, 4.69) is 10.6 Å². The molecule has 2 amide bonds. The summed E-state index contributed by atoms with van der Waals surface area (Å²) in [7, 11) is 0. The molecule has 130 valence electrons. The Hall–Kier alpha value is -1.10. The van der Waals surface area contributed by atoms with E-state index in [4.69, 9.17) is 0 Å². The zero-order chi connectivity index (χ0) is 16.2. The summed E-state index contributed by atoms with van der Waals surface area (Å²) in [5.41, 5.74) is 0. The fourth-order valence-corrected chi connectivity index (χ4v) is 4.47. The Bertz CT molecular complexity index is 420. The molecule has 2 saturated heterocycles. The smallest absolute Gasteiger partial charge is 0.244 e. The molecule has 0 unspecified atom stereocenters. The minimum absolute atomic E-state index is 0.0847. The molecule has 5 nitrogen and oxygen atoms in total. The van der Waals surface area contributed by atoms with Gasteiger partial charge in [0.2, 0.25) is 11.8 Å². The van der Waals surface area contributed by atoms with Gasteiger partial charge in [-0.2, -0.15) is 0 Å². The van der Waals surface area contributed by atoms with Gasteiger partial charge in [0.15, 0.2) is 0 Å². The first-order valence-corrected chi connectivity index (χ1v) is 9.45. The molecule has 23 heavy (non-hydrogen) atoms.